The van der Waals surface area contributed by atoms with Gasteiger partial charge in [-0.2, -0.15) is 26.3 Å². The second-order valence-electron chi connectivity index (χ2n) is 7.21. The number of halogens is 6. The van der Waals surface area contributed by atoms with Gasteiger partial charge in [-0.15, -0.1) is 0 Å². The number of aromatic nitrogens is 1. The molecule has 14 heteroatoms. The molecule has 1 amide bonds. The monoisotopic (exact) mass is 478 g/mol. The number of benzene rings is 1. The van der Waals surface area contributed by atoms with Crippen LogP contribution in [0.25, 0.3) is 0 Å². The number of carbonyl (C=O) groups excluding carboxylic acids is 1. The third-order valence-corrected chi connectivity index (χ3v) is 5.09. The fraction of sp³-hybridized carbons (Fsp3) is 0.368. The van der Waals surface area contributed by atoms with Gasteiger partial charge in [-0.25, -0.2) is 0 Å². The van der Waals surface area contributed by atoms with E-state index in [1.54, 1.807) is 0 Å². The smallest absolute Gasteiger partial charge is 0.362 e. The van der Waals surface area contributed by atoms with Crippen LogP contribution in [0, 0.1) is 10.1 Å². The van der Waals surface area contributed by atoms with Crippen molar-refractivity contribution in [3.63, 3.8) is 0 Å². The number of hydrogen-bond acceptors (Lipinski definition) is 5. The highest BCUT2D eigenvalue weighted by Gasteiger charge is 2.35. The molecule has 2 aromatic rings. The number of piperazine rings is 1. The summed E-state index contributed by atoms with van der Waals surface area (Å²) >= 11 is 0. The highest BCUT2D eigenvalue weighted by atomic mass is 19.4. The van der Waals surface area contributed by atoms with Crippen molar-refractivity contribution in [1.29, 1.82) is 0 Å². The zero-order chi connectivity index (χ0) is 24.6. The number of nitro groups is 1. The number of pyridine rings is 1. The van der Waals surface area contributed by atoms with Crippen molar-refractivity contribution in [3.05, 3.63) is 68.1 Å². The van der Waals surface area contributed by atoms with Gasteiger partial charge in [-0.3, -0.25) is 19.7 Å². The van der Waals surface area contributed by atoms with E-state index in [1.807, 2.05) is 0 Å². The molecule has 3 rings (SSSR count). The molecular formula is C19H16F6N4O4. The molecule has 1 aromatic heterocycles. The van der Waals surface area contributed by atoms with Gasteiger partial charge in [0.2, 0.25) is 5.91 Å². The van der Waals surface area contributed by atoms with E-state index >= 15 is 0 Å². The number of carbonyl (C=O) groups is 1. The molecule has 0 aliphatic carbocycles. The minimum Gasteiger partial charge on any atom is -0.362 e. The van der Waals surface area contributed by atoms with E-state index < -0.39 is 52.1 Å². The molecule has 0 spiro atoms. The lowest BCUT2D eigenvalue weighted by atomic mass is 10.1. The Labute approximate surface area is 181 Å². The van der Waals surface area contributed by atoms with Crippen LogP contribution in [-0.4, -0.2) is 46.5 Å². The minimum absolute atomic E-state index is 0.00468. The Bertz CT molecular complexity index is 1120. The summed E-state index contributed by atoms with van der Waals surface area (Å²) in [5, 5.41) is 11.3. The molecule has 1 aliphatic rings. The van der Waals surface area contributed by atoms with Crippen molar-refractivity contribution < 1.29 is 36.1 Å². The quantitative estimate of drug-likeness (QED) is 0.383. The number of alkyl halides is 6. The minimum atomic E-state index is -4.75. The summed E-state index contributed by atoms with van der Waals surface area (Å²) in [6.45, 7) is -0.552. The highest BCUT2D eigenvalue weighted by Crippen LogP contribution is 2.36. The van der Waals surface area contributed by atoms with E-state index in [0.717, 1.165) is 12.1 Å². The van der Waals surface area contributed by atoms with Crippen LogP contribution in [-0.2, 0) is 23.7 Å². The Kier molecular flexibility index (Phi) is 6.38. The first-order chi connectivity index (χ1) is 15.3. The van der Waals surface area contributed by atoms with Crippen LogP contribution in [0.2, 0.25) is 0 Å². The Hall–Kier alpha value is -3.58. The first kappa shape index (κ1) is 24.1. The summed E-state index contributed by atoms with van der Waals surface area (Å²) in [5.41, 5.74) is -3.84. The number of nitro benzene ring substituents is 1. The number of rotatable bonds is 4. The number of amides is 1. The zero-order valence-electron chi connectivity index (χ0n) is 16.7. The zero-order valence-corrected chi connectivity index (χ0v) is 16.7. The van der Waals surface area contributed by atoms with Crippen LogP contribution in [0.15, 0.2) is 41.3 Å². The first-order valence-electron chi connectivity index (χ1n) is 9.43. The Morgan fingerprint density at radius 1 is 0.939 bits per heavy atom. The average molecular weight is 478 g/mol. The molecule has 0 atom stereocenters. The fourth-order valence-electron chi connectivity index (χ4n) is 3.38. The van der Waals surface area contributed by atoms with Crippen molar-refractivity contribution in [3.8, 4) is 0 Å². The third kappa shape index (κ3) is 5.43. The van der Waals surface area contributed by atoms with Crippen LogP contribution < -0.4 is 10.5 Å². The maximum absolute atomic E-state index is 12.9. The van der Waals surface area contributed by atoms with Crippen molar-refractivity contribution in [2.45, 2.75) is 18.9 Å². The van der Waals surface area contributed by atoms with E-state index in [0.29, 0.717) is 29.0 Å². The van der Waals surface area contributed by atoms with Crippen molar-refractivity contribution in [2.75, 3.05) is 31.1 Å². The van der Waals surface area contributed by atoms with Crippen LogP contribution in [0.4, 0.5) is 37.7 Å². The molecule has 0 N–H and O–H groups in total. The van der Waals surface area contributed by atoms with Gasteiger partial charge in [0.15, 0.2) is 0 Å². The van der Waals surface area contributed by atoms with Crippen LogP contribution >= 0.6 is 0 Å². The fourth-order valence-corrected chi connectivity index (χ4v) is 3.38. The molecule has 1 saturated heterocycles. The summed E-state index contributed by atoms with van der Waals surface area (Å²) in [6.07, 6.45) is -8.90. The van der Waals surface area contributed by atoms with Gasteiger partial charge in [-0.1, -0.05) is 0 Å². The Morgan fingerprint density at radius 3 is 2.06 bits per heavy atom. The second kappa shape index (κ2) is 8.75. The van der Waals surface area contributed by atoms with Crippen molar-refractivity contribution in [1.82, 2.24) is 9.47 Å². The Balaban J connectivity index is 1.71. The topological polar surface area (TPSA) is 88.7 Å². The van der Waals surface area contributed by atoms with Gasteiger partial charge in [-0.05, 0) is 18.2 Å². The standard InChI is InChI=1S/C19H16F6N4O4/c20-18(21,22)12-1-3-14(15(9-12)29(32)33)26-5-7-27(8-6-26)17(31)11-28-10-13(19(23,24)25)2-4-16(28)30/h1-4,9-10H,5-8,11H2. The molecule has 178 valence electrons. The lowest BCUT2D eigenvalue weighted by Gasteiger charge is -2.36. The van der Waals surface area contributed by atoms with Crippen LogP contribution in [0.3, 0.4) is 0 Å². The first-order valence-corrected chi connectivity index (χ1v) is 9.43. The predicted octanol–water partition coefficient (Wildman–Crippen LogP) is 3.14. The van der Waals surface area contributed by atoms with Gasteiger partial charge in [0.05, 0.1) is 16.1 Å². The summed E-state index contributed by atoms with van der Waals surface area (Å²) in [5.74, 6) is -0.641. The maximum Gasteiger partial charge on any atom is 0.417 e. The van der Waals surface area contributed by atoms with Gasteiger partial charge < -0.3 is 14.4 Å². The largest absolute Gasteiger partial charge is 0.417 e. The second-order valence-corrected chi connectivity index (χ2v) is 7.21. The lowest BCUT2D eigenvalue weighted by Crippen LogP contribution is -2.50. The molecule has 8 nitrogen and oxygen atoms in total. The van der Waals surface area contributed by atoms with E-state index in [9.17, 15) is 46.0 Å². The van der Waals surface area contributed by atoms with E-state index in [-0.39, 0.29) is 31.9 Å². The molecule has 1 aromatic carbocycles. The number of hydrogen-bond donors (Lipinski definition) is 0. The SMILES string of the molecule is O=C(Cn1cc(C(F)(F)F)ccc1=O)N1CCN(c2ccc(C(F)(F)F)cc2[N+](=O)[O-])CC1. The summed E-state index contributed by atoms with van der Waals surface area (Å²) in [6, 6.07) is 3.46. The lowest BCUT2D eigenvalue weighted by molar-refractivity contribution is -0.384. The van der Waals surface area contributed by atoms with E-state index in [2.05, 4.69) is 0 Å². The highest BCUT2D eigenvalue weighted by molar-refractivity contribution is 5.76. The van der Waals surface area contributed by atoms with Gasteiger partial charge in [0.25, 0.3) is 11.2 Å². The third-order valence-electron chi connectivity index (χ3n) is 5.09. The Morgan fingerprint density at radius 2 is 1.52 bits per heavy atom. The molecule has 0 saturated carbocycles. The molecule has 0 bridgehead atoms. The normalized spacial score (nSPS) is 15.0. The van der Waals surface area contributed by atoms with E-state index in [1.165, 1.54) is 9.80 Å². The summed E-state index contributed by atoms with van der Waals surface area (Å²) in [7, 11) is 0. The predicted molar refractivity (Wildman–Crippen MR) is 103 cm³/mol. The van der Waals surface area contributed by atoms with Crippen LogP contribution in [0.5, 0.6) is 0 Å². The number of nitrogens with zero attached hydrogens (tertiary/aromatic N) is 4. The molecule has 1 fully saturated rings. The van der Waals surface area contributed by atoms with Crippen molar-refractivity contribution >= 4 is 17.3 Å². The summed E-state index contributed by atoms with van der Waals surface area (Å²) in [4.78, 5) is 37.4. The molecule has 0 unspecified atom stereocenters. The number of anilines is 1. The van der Waals surface area contributed by atoms with Gasteiger partial charge in [0.1, 0.15) is 12.2 Å². The van der Waals surface area contributed by atoms with Gasteiger partial charge in [0, 0.05) is 44.5 Å². The van der Waals surface area contributed by atoms with Crippen LogP contribution in [0.1, 0.15) is 11.1 Å². The molecule has 33 heavy (non-hydrogen) atoms. The molecular weight excluding hydrogens is 462 g/mol. The molecule has 0 radical (unpaired) electrons. The molecule has 2 heterocycles. The maximum atomic E-state index is 12.9. The van der Waals surface area contributed by atoms with Crippen molar-refractivity contribution in [2.24, 2.45) is 0 Å². The molecule has 1 aliphatic heterocycles. The summed E-state index contributed by atoms with van der Waals surface area (Å²) < 4.78 is 77.8. The van der Waals surface area contributed by atoms with Gasteiger partial charge >= 0.3 is 12.4 Å². The average Bonchev–Trinajstić information content (AvgIpc) is 2.73. The van der Waals surface area contributed by atoms with E-state index in [4.69, 9.17) is 0 Å².